The van der Waals surface area contributed by atoms with Crippen molar-refractivity contribution in [3.8, 4) is 0 Å². The first-order valence-corrected chi connectivity index (χ1v) is 12.7. The highest BCUT2D eigenvalue weighted by atomic mass is 35.5. The summed E-state index contributed by atoms with van der Waals surface area (Å²) in [5.41, 5.74) is 2.14. The number of hydrogen-bond acceptors (Lipinski definition) is 4. The van der Waals surface area contributed by atoms with Gasteiger partial charge in [-0.3, -0.25) is 4.72 Å². The van der Waals surface area contributed by atoms with Crippen molar-refractivity contribution < 1.29 is 17.9 Å². The van der Waals surface area contributed by atoms with Gasteiger partial charge < -0.3 is 4.74 Å². The Morgan fingerprint density at radius 3 is 2.13 bits per heavy atom. The van der Waals surface area contributed by atoms with Gasteiger partial charge in [0.05, 0.1) is 22.6 Å². The van der Waals surface area contributed by atoms with E-state index in [0.717, 1.165) is 17.8 Å². The molecule has 2 aromatic carbocycles. The molecule has 4 saturated carbocycles. The molecule has 7 heteroatoms. The summed E-state index contributed by atoms with van der Waals surface area (Å²) in [6.45, 7) is 0. The number of hydrogen-bond donors (Lipinski definition) is 1. The van der Waals surface area contributed by atoms with Gasteiger partial charge in [-0.05, 0) is 97.6 Å². The standard InChI is InChI=1S/C24H26ClNO4S/c1-30-23(27)21-11-20(6-7-22(21)25)31(28,29)26-19-4-2-18(3-5-19)24-12-15-8-16(13-24)10-17(9-15)14-24/h2-7,11,15-17,26H,8-10,12-14H2,1H3. The molecule has 4 aliphatic rings. The van der Waals surface area contributed by atoms with Gasteiger partial charge in [-0.15, -0.1) is 0 Å². The molecule has 0 saturated heterocycles. The third-order valence-electron chi connectivity index (χ3n) is 7.44. The number of rotatable bonds is 5. The Balaban J connectivity index is 1.37. The monoisotopic (exact) mass is 459 g/mol. The van der Waals surface area contributed by atoms with Gasteiger partial charge in [0.2, 0.25) is 0 Å². The summed E-state index contributed by atoms with van der Waals surface area (Å²) in [5, 5.41) is 0.144. The van der Waals surface area contributed by atoms with Crippen LogP contribution in [0.5, 0.6) is 0 Å². The summed E-state index contributed by atoms with van der Waals surface area (Å²) in [4.78, 5) is 11.8. The van der Waals surface area contributed by atoms with E-state index in [-0.39, 0.29) is 20.9 Å². The van der Waals surface area contributed by atoms with Gasteiger partial charge in [-0.25, -0.2) is 13.2 Å². The van der Waals surface area contributed by atoms with Crippen molar-refractivity contribution in [1.29, 1.82) is 0 Å². The van der Waals surface area contributed by atoms with Crippen molar-refractivity contribution in [3.63, 3.8) is 0 Å². The van der Waals surface area contributed by atoms with Gasteiger partial charge >= 0.3 is 5.97 Å². The Labute approximate surface area is 188 Å². The van der Waals surface area contributed by atoms with Gasteiger partial charge in [0.1, 0.15) is 0 Å². The third-order valence-corrected chi connectivity index (χ3v) is 9.15. The van der Waals surface area contributed by atoms with Gasteiger partial charge in [-0.2, -0.15) is 0 Å². The Hall–Kier alpha value is -2.05. The topological polar surface area (TPSA) is 72.5 Å². The lowest BCUT2D eigenvalue weighted by Crippen LogP contribution is -2.48. The Kier molecular flexibility index (Phi) is 5.05. The highest BCUT2D eigenvalue weighted by molar-refractivity contribution is 7.92. The van der Waals surface area contributed by atoms with Crippen LogP contribution in [-0.4, -0.2) is 21.5 Å². The summed E-state index contributed by atoms with van der Waals surface area (Å²) in [7, 11) is -2.64. The van der Waals surface area contributed by atoms with Crippen molar-refractivity contribution in [1.82, 2.24) is 0 Å². The molecule has 0 amide bonds. The maximum absolute atomic E-state index is 12.9. The molecule has 1 N–H and O–H groups in total. The summed E-state index contributed by atoms with van der Waals surface area (Å²) in [5.74, 6) is 1.90. The van der Waals surface area contributed by atoms with E-state index in [0.29, 0.717) is 5.69 Å². The van der Waals surface area contributed by atoms with Gasteiger partial charge in [0, 0.05) is 5.69 Å². The normalized spacial score (nSPS) is 29.0. The van der Waals surface area contributed by atoms with Crippen molar-refractivity contribution >= 4 is 33.3 Å². The molecular weight excluding hydrogens is 434 g/mol. The van der Waals surface area contributed by atoms with Crippen LogP contribution in [0.25, 0.3) is 0 Å². The molecule has 0 aliphatic heterocycles. The molecule has 0 unspecified atom stereocenters. The van der Waals surface area contributed by atoms with E-state index in [1.54, 1.807) is 0 Å². The minimum absolute atomic E-state index is 0.0178. The van der Waals surface area contributed by atoms with E-state index in [4.69, 9.17) is 11.6 Å². The summed E-state index contributed by atoms with van der Waals surface area (Å²) in [6.07, 6.45) is 7.99. The third kappa shape index (κ3) is 3.74. The van der Waals surface area contributed by atoms with Gasteiger partial charge in [-0.1, -0.05) is 23.7 Å². The van der Waals surface area contributed by atoms with E-state index < -0.39 is 16.0 Å². The number of halogens is 1. The highest BCUT2D eigenvalue weighted by Gasteiger charge is 2.51. The van der Waals surface area contributed by atoms with Crippen LogP contribution in [0.4, 0.5) is 5.69 Å². The van der Waals surface area contributed by atoms with Crippen LogP contribution >= 0.6 is 11.6 Å². The number of ether oxygens (including phenoxy) is 1. The molecule has 0 aromatic heterocycles. The summed E-state index contributed by atoms with van der Waals surface area (Å²) >= 11 is 6.01. The second-order valence-corrected chi connectivity index (χ2v) is 11.6. The second-order valence-electron chi connectivity index (χ2n) is 9.51. The minimum Gasteiger partial charge on any atom is -0.465 e. The molecule has 2 aromatic rings. The van der Waals surface area contributed by atoms with E-state index in [9.17, 15) is 13.2 Å². The number of nitrogens with one attached hydrogen (secondary N) is 1. The zero-order valence-electron chi connectivity index (χ0n) is 17.4. The van der Waals surface area contributed by atoms with Crippen LogP contribution in [0.15, 0.2) is 47.4 Å². The number of carbonyl (C=O) groups excluding carboxylic acids is 1. The summed E-state index contributed by atoms with van der Waals surface area (Å²) in [6, 6.07) is 11.9. The molecule has 0 atom stereocenters. The lowest BCUT2D eigenvalue weighted by atomic mass is 9.48. The molecule has 31 heavy (non-hydrogen) atoms. The molecule has 0 spiro atoms. The number of esters is 1. The molecule has 164 valence electrons. The predicted octanol–water partition coefficient (Wildman–Crippen LogP) is 5.40. The molecule has 6 rings (SSSR count). The Bertz CT molecular complexity index is 1090. The number of anilines is 1. The first-order valence-electron chi connectivity index (χ1n) is 10.8. The maximum atomic E-state index is 12.9. The fourth-order valence-corrected chi connectivity index (χ4v) is 7.79. The first kappa shape index (κ1) is 20.8. The zero-order chi connectivity index (χ0) is 21.8. The van der Waals surface area contributed by atoms with E-state index in [2.05, 4.69) is 21.6 Å². The smallest absolute Gasteiger partial charge is 0.339 e. The van der Waals surface area contributed by atoms with Crippen LogP contribution in [0, 0.1) is 17.8 Å². The number of carbonyl (C=O) groups is 1. The van der Waals surface area contributed by atoms with E-state index in [1.807, 2.05) is 12.1 Å². The molecule has 4 fully saturated rings. The molecular formula is C24H26ClNO4S. The number of sulfonamides is 1. The minimum atomic E-state index is -3.87. The lowest BCUT2D eigenvalue weighted by Gasteiger charge is -2.57. The number of methoxy groups -OCH3 is 1. The average molecular weight is 460 g/mol. The van der Waals surface area contributed by atoms with E-state index in [1.165, 1.54) is 69.4 Å². The van der Waals surface area contributed by atoms with E-state index >= 15 is 0 Å². The van der Waals surface area contributed by atoms with Crippen LogP contribution in [0.2, 0.25) is 5.02 Å². The molecule has 4 bridgehead atoms. The van der Waals surface area contributed by atoms with Crippen LogP contribution < -0.4 is 4.72 Å². The van der Waals surface area contributed by atoms with Gasteiger partial charge in [0.15, 0.2) is 0 Å². The Morgan fingerprint density at radius 1 is 1.00 bits per heavy atom. The lowest BCUT2D eigenvalue weighted by molar-refractivity contribution is -0.00518. The maximum Gasteiger partial charge on any atom is 0.339 e. The second kappa shape index (κ2) is 7.52. The fraction of sp³-hybridized carbons (Fsp3) is 0.458. The van der Waals surface area contributed by atoms with Crippen molar-refractivity contribution in [2.75, 3.05) is 11.8 Å². The SMILES string of the molecule is COC(=O)c1cc(S(=O)(=O)Nc2ccc(C34CC5CC(CC(C5)C3)C4)cc2)ccc1Cl. The molecule has 5 nitrogen and oxygen atoms in total. The van der Waals surface area contributed by atoms with Crippen molar-refractivity contribution in [3.05, 3.63) is 58.6 Å². The Morgan fingerprint density at radius 2 is 1.58 bits per heavy atom. The van der Waals surface area contributed by atoms with Crippen LogP contribution in [0.1, 0.15) is 54.4 Å². The van der Waals surface area contributed by atoms with Gasteiger partial charge in [0.25, 0.3) is 10.0 Å². The fourth-order valence-electron chi connectivity index (χ4n) is 6.51. The quantitative estimate of drug-likeness (QED) is 0.608. The molecule has 0 heterocycles. The zero-order valence-corrected chi connectivity index (χ0v) is 19.0. The first-order chi connectivity index (χ1) is 14.8. The van der Waals surface area contributed by atoms with Crippen molar-refractivity contribution in [2.24, 2.45) is 17.8 Å². The summed E-state index contributed by atoms with van der Waals surface area (Å²) < 4.78 is 33.0. The van der Waals surface area contributed by atoms with Crippen LogP contribution in [-0.2, 0) is 20.2 Å². The van der Waals surface area contributed by atoms with Crippen LogP contribution in [0.3, 0.4) is 0 Å². The largest absolute Gasteiger partial charge is 0.465 e. The molecule has 0 radical (unpaired) electrons. The molecule has 4 aliphatic carbocycles. The predicted molar refractivity (Wildman–Crippen MR) is 120 cm³/mol. The highest BCUT2D eigenvalue weighted by Crippen LogP contribution is 2.60. The number of benzene rings is 2. The van der Waals surface area contributed by atoms with Crippen molar-refractivity contribution in [2.45, 2.75) is 48.8 Å². The average Bonchev–Trinajstić information content (AvgIpc) is 2.72.